The number of hydrogen-bond acceptors (Lipinski definition) is 2. The monoisotopic (exact) mass is 365 g/mol. The molecule has 144 valence electrons. The van der Waals surface area contributed by atoms with Crippen molar-refractivity contribution in [2.24, 2.45) is 11.8 Å². The van der Waals surface area contributed by atoms with Crippen LogP contribution in [0.3, 0.4) is 0 Å². The molecule has 1 saturated carbocycles. The molecule has 4 rings (SSSR count). The van der Waals surface area contributed by atoms with Gasteiger partial charge < -0.3 is 9.88 Å². The summed E-state index contributed by atoms with van der Waals surface area (Å²) in [5.74, 6) is 1.46. The fraction of sp³-hybridized carbons (Fsp3) is 0.522. The van der Waals surface area contributed by atoms with E-state index in [1.165, 1.54) is 34.9 Å². The zero-order chi connectivity index (χ0) is 19.0. The van der Waals surface area contributed by atoms with Crippen molar-refractivity contribution in [2.75, 3.05) is 6.54 Å². The lowest BCUT2D eigenvalue weighted by molar-refractivity contribution is -0.123. The molecule has 2 heterocycles. The molecule has 0 unspecified atom stereocenters. The van der Waals surface area contributed by atoms with Crippen LogP contribution >= 0.6 is 0 Å². The quantitative estimate of drug-likeness (QED) is 0.730. The third kappa shape index (κ3) is 3.81. The predicted octanol–water partition coefficient (Wildman–Crippen LogP) is 3.96. The Labute approximate surface area is 162 Å². The molecule has 0 spiro atoms. The van der Waals surface area contributed by atoms with Gasteiger partial charge in [0.25, 0.3) is 0 Å². The Morgan fingerprint density at radius 1 is 1.41 bits per heavy atom. The van der Waals surface area contributed by atoms with E-state index in [2.05, 4.69) is 60.0 Å². The molecule has 4 heteroatoms. The lowest BCUT2D eigenvalue weighted by atomic mass is 9.94. The fourth-order valence-corrected chi connectivity index (χ4v) is 4.39. The summed E-state index contributed by atoms with van der Waals surface area (Å²) < 4.78 is 2.43. The molecule has 2 aliphatic rings. The number of aromatic nitrogens is 1. The normalized spacial score (nSPS) is 22.0. The maximum absolute atomic E-state index is 12.8. The van der Waals surface area contributed by atoms with E-state index in [1.54, 1.807) is 6.08 Å². The van der Waals surface area contributed by atoms with Crippen LogP contribution in [-0.4, -0.2) is 23.1 Å². The number of rotatable bonds is 7. The fourth-order valence-electron chi connectivity index (χ4n) is 4.39. The van der Waals surface area contributed by atoms with Gasteiger partial charge in [0.2, 0.25) is 5.91 Å². The van der Waals surface area contributed by atoms with Gasteiger partial charge in [-0.05, 0) is 54.7 Å². The molecule has 27 heavy (non-hydrogen) atoms. The Balaban J connectivity index is 1.75. The van der Waals surface area contributed by atoms with Gasteiger partial charge in [0.1, 0.15) is 0 Å². The molecular weight excluding hydrogens is 334 g/mol. The molecule has 1 amide bonds. The zero-order valence-corrected chi connectivity index (χ0v) is 16.5. The van der Waals surface area contributed by atoms with E-state index < -0.39 is 0 Å². The van der Waals surface area contributed by atoms with Crippen molar-refractivity contribution in [3.05, 3.63) is 48.2 Å². The second-order valence-electron chi connectivity index (χ2n) is 8.63. The van der Waals surface area contributed by atoms with Crippen LogP contribution in [0.15, 0.2) is 37.1 Å². The average molecular weight is 366 g/mol. The molecule has 2 aromatic rings. The number of carbonyl (C=O) groups is 1. The average Bonchev–Trinajstić information content (AvgIpc) is 3.41. The Bertz CT molecular complexity index is 847. The molecule has 1 aromatic heterocycles. The van der Waals surface area contributed by atoms with E-state index in [1.807, 2.05) is 0 Å². The van der Waals surface area contributed by atoms with E-state index >= 15 is 0 Å². The maximum Gasteiger partial charge on any atom is 0.237 e. The van der Waals surface area contributed by atoms with Crippen molar-refractivity contribution in [1.29, 1.82) is 0 Å². The van der Waals surface area contributed by atoms with Crippen molar-refractivity contribution in [1.82, 2.24) is 15.2 Å². The SMILES string of the molecule is C=CCNC(=O)[C@@H]1Cc2cn(CC3CC3)c3cccc(c23)[C@H](CC(C)C)N1. The van der Waals surface area contributed by atoms with Crippen molar-refractivity contribution in [3.8, 4) is 0 Å². The standard InChI is InChI=1S/C23H31N3O/c1-4-10-24-23(27)20-12-17-14-26(13-16-8-9-16)21-7-5-6-18(22(17)21)19(25-20)11-15(2)3/h4-7,14-16,19-20,25H,1,8-13H2,2-3H3,(H,24,27)/t19-,20-/m0/s1. The van der Waals surface area contributed by atoms with E-state index in [-0.39, 0.29) is 18.0 Å². The number of nitrogens with one attached hydrogen (secondary N) is 2. The number of carbonyl (C=O) groups excluding carboxylic acids is 1. The van der Waals surface area contributed by atoms with Crippen molar-refractivity contribution in [2.45, 2.75) is 58.2 Å². The van der Waals surface area contributed by atoms with E-state index in [0.29, 0.717) is 12.5 Å². The lowest BCUT2D eigenvalue weighted by Gasteiger charge is -2.25. The largest absolute Gasteiger partial charge is 0.351 e. The van der Waals surface area contributed by atoms with Crippen molar-refractivity contribution < 1.29 is 4.79 Å². The molecule has 0 radical (unpaired) electrons. The molecule has 2 atom stereocenters. The second kappa shape index (κ2) is 7.51. The van der Waals surface area contributed by atoms with Crippen LogP contribution in [-0.2, 0) is 17.8 Å². The predicted molar refractivity (Wildman–Crippen MR) is 111 cm³/mol. The number of amides is 1. The summed E-state index contributed by atoms with van der Waals surface area (Å²) in [6.45, 7) is 9.83. The Morgan fingerprint density at radius 2 is 2.22 bits per heavy atom. The molecule has 0 saturated heterocycles. The van der Waals surface area contributed by atoms with Gasteiger partial charge in [-0.15, -0.1) is 6.58 Å². The summed E-state index contributed by atoms with van der Waals surface area (Å²) in [5.41, 5.74) is 3.99. The highest BCUT2D eigenvalue weighted by atomic mass is 16.2. The second-order valence-corrected chi connectivity index (χ2v) is 8.63. The number of benzene rings is 1. The maximum atomic E-state index is 12.8. The Morgan fingerprint density at radius 3 is 2.93 bits per heavy atom. The van der Waals surface area contributed by atoms with Crippen LogP contribution in [0.1, 0.15) is 50.3 Å². The van der Waals surface area contributed by atoms with E-state index in [0.717, 1.165) is 25.3 Å². The first-order valence-electron chi connectivity index (χ1n) is 10.3. The minimum Gasteiger partial charge on any atom is -0.351 e. The first-order chi connectivity index (χ1) is 13.1. The van der Waals surface area contributed by atoms with Crippen LogP contribution in [0.25, 0.3) is 10.9 Å². The summed E-state index contributed by atoms with van der Waals surface area (Å²) in [4.78, 5) is 12.8. The third-order valence-electron chi connectivity index (χ3n) is 5.81. The van der Waals surface area contributed by atoms with Crippen LogP contribution in [0.2, 0.25) is 0 Å². The number of hydrogen-bond donors (Lipinski definition) is 2. The van der Waals surface area contributed by atoms with Gasteiger partial charge in [0, 0.05) is 36.2 Å². The minimum atomic E-state index is -0.207. The molecule has 4 nitrogen and oxygen atoms in total. The molecule has 1 fully saturated rings. The highest BCUT2D eigenvalue weighted by Crippen LogP contribution is 2.38. The Kier molecular flexibility index (Phi) is 5.09. The van der Waals surface area contributed by atoms with Gasteiger partial charge in [0.05, 0.1) is 6.04 Å². The van der Waals surface area contributed by atoms with Gasteiger partial charge in [-0.25, -0.2) is 0 Å². The highest BCUT2D eigenvalue weighted by molar-refractivity contribution is 5.90. The third-order valence-corrected chi connectivity index (χ3v) is 5.81. The van der Waals surface area contributed by atoms with Crippen molar-refractivity contribution >= 4 is 16.8 Å². The molecule has 1 aliphatic heterocycles. The smallest absolute Gasteiger partial charge is 0.237 e. The van der Waals surface area contributed by atoms with E-state index in [9.17, 15) is 4.79 Å². The summed E-state index contributed by atoms with van der Waals surface area (Å²) >= 11 is 0. The van der Waals surface area contributed by atoms with Crippen LogP contribution in [0.5, 0.6) is 0 Å². The van der Waals surface area contributed by atoms with E-state index in [4.69, 9.17) is 0 Å². The first-order valence-corrected chi connectivity index (χ1v) is 10.3. The van der Waals surface area contributed by atoms with Gasteiger partial charge in [-0.1, -0.05) is 32.1 Å². The number of nitrogens with zero attached hydrogens (tertiary/aromatic N) is 1. The van der Waals surface area contributed by atoms with Gasteiger partial charge in [-0.2, -0.15) is 0 Å². The summed E-state index contributed by atoms with van der Waals surface area (Å²) in [6.07, 6.45) is 8.50. The van der Waals surface area contributed by atoms with Gasteiger partial charge in [0.15, 0.2) is 0 Å². The molecule has 0 bridgehead atoms. The molecular formula is C23H31N3O. The molecule has 1 aromatic carbocycles. The summed E-state index contributed by atoms with van der Waals surface area (Å²) in [7, 11) is 0. The zero-order valence-electron chi connectivity index (χ0n) is 16.5. The molecule has 1 aliphatic carbocycles. The van der Waals surface area contributed by atoms with Crippen LogP contribution < -0.4 is 10.6 Å². The highest BCUT2D eigenvalue weighted by Gasteiger charge is 2.31. The summed E-state index contributed by atoms with van der Waals surface area (Å²) in [5, 5.41) is 8.02. The van der Waals surface area contributed by atoms with Crippen molar-refractivity contribution in [3.63, 3.8) is 0 Å². The van der Waals surface area contributed by atoms with Crippen LogP contribution in [0, 0.1) is 11.8 Å². The Hall–Kier alpha value is -2.07. The molecule has 2 N–H and O–H groups in total. The lowest BCUT2D eigenvalue weighted by Crippen LogP contribution is -2.46. The summed E-state index contributed by atoms with van der Waals surface area (Å²) in [6, 6.07) is 6.66. The van der Waals surface area contributed by atoms with Crippen LogP contribution in [0.4, 0.5) is 0 Å². The van der Waals surface area contributed by atoms with Gasteiger partial charge >= 0.3 is 0 Å². The van der Waals surface area contributed by atoms with Gasteiger partial charge in [-0.3, -0.25) is 10.1 Å². The minimum absolute atomic E-state index is 0.0690. The first kappa shape index (κ1) is 18.3. The topological polar surface area (TPSA) is 46.1 Å².